The number of amides is 1. The van der Waals surface area contributed by atoms with Gasteiger partial charge in [-0.15, -0.1) is 0 Å². The highest BCUT2D eigenvalue weighted by Crippen LogP contribution is 2.20. The van der Waals surface area contributed by atoms with Gasteiger partial charge in [-0.2, -0.15) is 10.2 Å². The molecule has 0 bridgehead atoms. The Balaban J connectivity index is 1.59. The van der Waals surface area contributed by atoms with Gasteiger partial charge in [0.25, 0.3) is 5.56 Å². The van der Waals surface area contributed by atoms with Crippen LogP contribution in [0.2, 0.25) is 0 Å². The van der Waals surface area contributed by atoms with Gasteiger partial charge in [0.1, 0.15) is 17.3 Å². The number of para-hydroxylation sites is 1. The van der Waals surface area contributed by atoms with E-state index in [-0.39, 0.29) is 11.5 Å². The Bertz CT molecular complexity index is 1340. The third-order valence-corrected chi connectivity index (χ3v) is 5.59. The summed E-state index contributed by atoms with van der Waals surface area (Å²) in [5.74, 6) is 0.497. The van der Waals surface area contributed by atoms with Gasteiger partial charge in [0.05, 0.1) is 29.1 Å². The Kier molecular flexibility index (Phi) is 6.26. The van der Waals surface area contributed by atoms with E-state index < -0.39 is 6.04 Å². The average Bonchev–Trinajstić information content (AvgIpc) is 3.19. The van der Waals surface area contributed by atoms with E-state index in [0.717, 1.165) is 17.0 Å². The minimum atomic E-state index is -0.775. The Labute approximate surface area is 191 Å². The highest BCUT2D eigenvalue weighted by atomic mass is 16.5. The molecule has 2 heterocycles. The SMILES string of the molecule is CCOc1ccc(CNC(=O)[C@@H](C)n2nc(C)c3nn(-c4ccccc4)c(C)c3c2=O)cc1. The Hall–Kier alpha value is -3.94. The summed E-state index contributed by atoms with van der Waals surface area (Å²) in [5, 5.41) is 12.4. The summed E-state index contributed by atoms with van der Waals surface area (Å²) in [7, 11) is 0. The fourth-order valence-electron chi connectivity index (χ4n) is 3.78. The van der Waals surface area contributed by atoms with Crippen LogP contribution in [0, 0.1) is 13.8 Å². The number of aryl methyl sites for hydroxylation is 2. The maximum atomic E-state index is 13.3. The number of benzene rings is 2. The molecule has 8 nitrogen and oxygen atoms in total. The number of carbonyl (C=O) groups excluding carboxylic acids is 1. The molecule has 4 rings (SSSR count). The van der Waals surface area contributed by atoms with Crippen LogP contribution >= 0.6 is 0 Å². The molecule has 0 fully saturated rings. The van der Waals surface area contributed by atoms with Crippen molar-refractivity contribution in [3.63, 3.8) is 0 Å². The molecule has 4 aromatic rings. The standard InChI is InChI=1S/C25H27N5O3/c1-5-33-21-13-11-19(12-14-21)15-26-24(31)18(4)30-25(32)22-17(3)29(20-9-7-6-8-10-20)28-23(22)16(2)27-30/h6-14,18H,5,15H2,1-4H3,(H,26,31)/t18-/m1/s1. The summed E-state index contributed by atoms with van der Waals surface area (Å²) in [5.41, 5.74) is 3.30. The van der Waals surface area contributed by atoms with Crippen molar-refractivity contribution in [1.82, 2.24) is 24.9 Å². The molecule has 1 amide bonds. The topological polar surface area (TPSA) is 91.0 Å². The molecule has 0 aliphatic heterocycles. The molecule has 2 aromatic heterocycles. The lowest BCUT2D eigenvalue weighted by atomic mass is 10.2. The maximum absolute atomic E-state index is 13.3. The van der Waals surface area contributed by atoms with E-state index in [1.54, 1.807) is 18.5 Å². The highest BCUT2D eigenvalue weighted by Gasteiger charge is 2.23. The van der Waals surface area contributed by atoms with Gasteiger partial charge in [0.2, 0.25) is 5.91 Å². The van der Waals surface area contributed by atoms with Crippen LogP contribution in [0.5, 0.6) is 5.75 Å². The lowest BCUT2D eigenvalue weighted by Gasteiger charge is -2.15. The second kappa shape index (κ2) is 9.28. The van der Waals surface area contributed by atoms with E-state index in [1.165, 1.54) is 4.68 Å². The van der Waals surface area contributed by atoms with Crippen LogP contribution in [0.3, 0.4) is 0 Å². The summed E-state index contributed by atoms with van der Waals surface area (Å²) in [4.78, 5) is 26.2. The van der Waals surface area contributed by atoms with Gasteiger partial charge in [-0.3, -0.25) is 9.59 Å². The van der Waals surface area contributed by atoms with Crippen molar-refractivity contribution >= 4 is 16.8 Å². The van der Waals surface area contributed by atoms with E-state index >= 15 is 0 Å². The third kappa shape index (κ3) is 4.37. The molecule has 0 spiro atoms. The molecule has 0 aliphatic carbocycles. The summed E-state index contributed by atoms with van der Waals surface area (Å²) in [6, 6.07) is 16.4. The zero-order valence-electron chi connectivity index (χ0n) is 19.2. The molecular weight excluding hydrogens is 418 g/mol. The van der Waals surface area contributed by atoms with Crippen LogP contribution in [-0.2, 0) is 11.3 Å². The van der Waals surface area contributed by atoms with Gasteiger partial charge in [0.15, 0.2) is 0 Å². The van der Waals surface area contributed by atoms with Gasteiger partial charge in [-0.1, -0.05) is 30.3 Å². The number of rotatable bonds is 7. The van der Waals surface area contributed by atoms with E-state index in [1.807, 2.05) is 68.4 Å². The van der Waals surface area contributed by atoms with E-state index in [4.69, 9.17) is 4.74 Å². The predicted molar refractivity (Wildman–Crippen MR) is 127 cm³/mol. The first kappa shape index (κ1) is 22.3. The number of nitrogens with zero attached hydrogens (tertiary/aromatic N) is 4. The third-order valence-electron chi connectivity index (χ3n) is 5.59. The average molecular weight is 446 g/mol. The number of fused-ring (bicyclic) bond motifs is 1. The molecule has 170 valence electrons. The molecule has 0 saturated heterocycles. The van der Waals surface area contributed by atoms with Crippen LogP contribution in [0.1, 0.15) is 36.8 Å². The summed E-state index contributed by atoms with van der Waals surface area (Å²) < 4.78 is 8.42. The maximum Gasteiger partial charge on any atom is 0.278 e. The number of hydrogen-bond acceptors (Lipinski definition) is 5. The van der Waals surface area contributed by atoms with Gasteiger partial charge in [-0.05, 0) is 57.5 Å². The molecule has 0 radical (unpaired) electrons. The van der Waals surface area contributed by atoms with Crippen molar-refractivity contribution in [3.05, 3.63) is 81.9 Å². The molecule has 1 N–H and O–H groups in total. The number of aromatic nitrogens is 4. The predicted octanol–water partition coefficient (Wildman–Crippen LogP) is 3.48. The molecule has 8 heteroatoms. The largest absolute Gasteiger partial charge is 0.494 e. The van der Waals surface area contributed by atoms with Gasteiger partial charge >= 0.3 is 0 Å². The summed E-state index contributed by atoms with van der Waals surface area (Å²) >= 11 is 0. The van der Waals surface area contributed by atoms with Gasteiger partial charge in [0, 0.05) is 6.54 Å². The number of nitrogens with one attached hydrogen (secondary N) is 1. The lowest BCUT2D eigenvalue weighted by Crippen LogP contribution is -2.37. The zero-order valence-corrected chi connectivity index (χ0v) is 19.2. The van der Waals surface area contributed by atoms with E-state index in [0.29, 0.717) is 35.4 Å². The normalized spacial score (nSPS) is 12.0. The number of ether oxygens (including phenoxy) is 1. The monoisotopic (exact) mass is 445 g/mol. The van der Waals surface area contributed by atoms with E-state index in [9.17, 15) is 9.59 Å². The van der Waals surface area contributed by atoms with Crippen molar-refractivity contribution in [1.29, 1.82) is 0 Å². The summed E-state index contributed by atoms with van der Waals surface area (Å²) in [6.45, 7) is 8.19. The zero-order chi connectivity index (χ0) is 23.5. The first-order valence-corrected chi connectivity index (χ1v) is 10.9. The minimum Gasteiger partial charge on any atom is -0.494 e. The fraction of sp³-hybridized carbons (Fsp3) is 0.280. The number of carbonyl (C=O) groups is 1. The van der Waals surface area contributed by atoms with Gasteiger partial charge in [-0.25, -0.2) is 9.36 Å². The fourth-order valence-corrected chi connectivity index (χ4v) is 3.78. The minimum absolute atomic E-state index is 0.287. The second-order valence-corrected chi connectivity index (χ2v) is 7.86. The van der Waals surface area contributed by atoms with Crippen molar-refractivity contribution in [2.75, 3.05) is 6.61 Å². The molecule has 33 heavy (non-hydrogen) atoms. The van der Waals surface area contributed by atoms with Crippen molar-refractivity contribution in [2.45, 2.75) is 40.3 Å². The van der Waals surface area contributed by atoms with Crippen LogP contribution in [0.15, 0.2) is 59.4 Å². The molecule has 1 atom stereocenters. The quantitative estimate of drug-likeness (QED) is 0.470. The molecule has 0 unspecified atom stereocenters. The molecular formula is C25H27N5O3. The molecule has 2 aromatic carbocycles. The Morgan fingerprint density at radius 1 is 1.06 bits per heavy atom. The van der Waals surface area contributed by atoms with Crippen molar-refractivity contribution < 1.29 is 9.53 Å². The van der Waals surface area contributed by atoms with Crippen LogP contribution in [0.4, 0.5) is 0 Å². The summed E-state index contributed by atoms with van der Waals surface area (Å²) in [6.07, 6.45) is 0. The second-order valence-electron chi connectivity index (χ2n) is 7.86. The first-order valence-electron chi connectivity index (χ1n) is 10.9. The highest BCUT2D eigenvalue weighted by molar-refractivity contribution is 5.84. The molecule has 0 saturated carbocycles. The van der Waals surface area contributed by atoms with Crippen LogP contribution in [0.25, 0.3) is 16.6 Å². The molecule has 0 aliphatic rings. The van der Waals surface area contributed by atoms with Crippen LogP contribution < -0.4 is 15.6 Å². The van der Waals surface area contributed by atoms with Crippen LogP contribution in [-0.4, -0.2) is 32.1 Å². The van der Waals surface area contributed by atoms with E-state index in [2.05, 4.69) is 15.5 Å². The Morgan fingerprint density at radius 3 is 2.42 bits per heavy atom. The first-order chi connectivity index (χ1) is 15.9. The lowest BCUT2D eigenvalue weighted by molar-refractivity contribution is -0.124. The van der Waals surface area contributed by atoms with Crippen molar-refractivity contribution in [3.8, 4) is 11.4 Å². The van der Waals surface area contributed by atoms with Crippen molar-refractivity contribution in [2.24, 2.45) is 0 Å². The Morgan fingerprint density at radius 2 is 1.76 bits per heavy atom. The smallest absolute Gasteiger partial charge is 0.278 e. The number of hydrogen-bond donors (Lipinski definition) is 1. The van der Waals surface area contributed by atoms with Gasteiger partial charge < -0.3 is 10.1 Å².